The number of hydrogen-bond acceptors (Lipinski definition) is 3. The molecule has 6 nitrogen and oxygen atoms in total. The number of carbonyl (C=O) groups excluding carboxylic acids is 2. The van der Waals surface area contributed by atoms with Gasteiger partial charge in [-0.05, 0) is 18.9 Å². The molecule has 0 saturated carbocycles. The van der Waals surface area contributed by atoms with Crippen LogP contribution in [0.5, 0.6) is 0 Å². The molecule has 0 aliphatic carbocycles. The van der Waals surface area contributed by atoms with Crippen molar-refractivity contribution in [3.63, 3.8) is 0 Å². The van der Waals surface area contributed by atoms with E-state index in [1.54, 1.807) is 13.0 Å². The largest absolute Gasteiger partial charge is 0.364 e. The Morgan fingerprint density at radius 2 is 2.35 bits per heavy atom. The number of primary amides is 1. The van der Waals surface area contributed by atoms with Crippen molar-refractivity contribution >= 4 is 11.8 Å². The van der Waals surface area contributed by atoms with Gasteiger partial charge in [0, 0.05) is 31.6 Å². The van der Waals surface area contributed by atoms with Gasteiger partial charge in [-0.3, -0.25) is 14.7 Å². The molecule has 1 aromatic heterocycles. The molecule has 2 rings (SSSR count). The van der Waals surface area contributed by atoms with Crippen LogP contribution in [0.3, 0.4) is 0 Å². The fourth-order valence-electron chi connectivity index (χ4n) is 2.19. The van der Waals surface area contributed by atoms with Gasteiger partial charge in [0.2, 0.25) is 5.91 Å². The number of hydrogen-bond donors (Lipinski definition) is 2. The predicted octanol–water partition coefficient (Wildman–Crippen LogP) is 0.235. The minimum atomic E-state index is -0.535. The minimum Gasteiger partial charge on any atom is -0.364 e. The Kier molecular flexibility index (Phi) is 3.12. The van der Waals surface area contributed by atoms with Gasteiger partial charge in [0.15, 0.2) is 0 Å². The van der Waals surface area contributed by atoms with E-state index < -0.39 is 5.91 Å². The van der Waals surface area contributed by atoms with Crippen LogP contribution in [0.25, 0.3) is 0 Å². The normalized spacial score (nSPS) is 20.3. The number of piperidine rings is 1. The number of rotatable bonds is 2. The van der Waals surface area contributed by atoms with Crippen LogP contribution >= 0.6 is 0 Å². The molecule has 1 fully saturated rings. The van der Waals surface area contributed by atoms with Gasteiger partial charge in [-0.25, -0.2) is 0 Å². The van der Waals surface area contributed by atoms with Gasteiger partial charge in [0.1, 0.15) is 5.69 Å². The predicted molar refractivity (Wildman–Crippen MR) is 61.3 cm³/mol. The van der Waals surface area contributed by atoms with E-state index in [1.807, 2.05) is 4.90 Å². The summed E-state index contributed by atoms with van der Waals surface area (Å²) in [6, 6.07) is 1.68. The molecule has 1 aliphatic heterocycles. The van der Waals surface area contributed by atoms with Crippen LogP contribution in [0.15, 0.2) is 6.07 Å². The van der Waals surface area contributed by atoms with Crippen LogP contribution in [0.4, 0.5) is 0 Å². The Labute approximate surface area is 99.2 Å². The Hall–Kier alpha value is -1.85. The summed E-state index contributed by atoms with van der Waals surface area (Å²) in [6.07, 6.45) is 1.96. The third kappa shape index (κ3) is 2.46. The zero-order chi connectivity index (χ0) is 12.4. The quantitative estimate of drug-likeness (QED) is 0.770. The number of aromatic nitrogens is 2. The maximum absolute atomic E-state index is 11.3. The van der Waals surface area contributed by atoms with Crippen LogP contribution < -0.4 is 5.73 Å². The second-order valence-corrected chi connectivity index (χ2v) is 4.38. The first-order valence-electron chi connectivity index (χ1n) is 5.68. The van der Waals surface area contributed by atoms with Gasteiger partial charge in [0.25, 0.3) is 5.91 Å². The molecule has 0 spiro atoms. The highest BCUT2D eigenvalue weighted by Gasteiger charge is 2.24. The molecule has 0 bridgehead atoms. The second kappa shape index (κ2) is 4.57. The highest BCUT2D eigenvalue weighted by molar-refractivity contribution is 5.90. The number of nitrogens with zero attached hydrogens (tertiary/aromatic N) is 2. The maximum Gasteiger partial charge on any atom is 0.269 e. The number of aromatic amines is 1. The topological polar surface area (TPSA) is 92.1 Å². The lowest BCUT2D eigenvalue weighted by Crippen LogP contribution is -2.37. The van der Waals surface area contributed by atoms with Crippen LogP contribution in [-0.4, -0.2) is 40.0 Å². The second-order valence-electron chi connectivity index (χ2n) is 4.38. The Balaban J connectivity index is 2.10. The fourth-order valence-corrected chi connectivity index (χ4v) is 2.19. The lowest BCUT2D eigenvalue weighted by Gasteiger charge is -2.31. The first-order valence-corrected chi connectivity index (χ1v) is 5.68. The standard InChI is InChI=1S/C11H16N4O2/c1-7(16)15-4-2-3-8(6-15)9-5-10(11(12)17)14-13-9/h5,8H,2-4,6H2,1H3,(H2,12,17)(H,13,14). The summed E-state index contributed by atoms with van der Waals surface area (Å²) in [7, 11) is 0. The molecule has 1 saturated heterocycles. The molecule has 92 valence electrons. The van der Waals surface area contributed by atoms with E-state index in [4.69, 9.17) is 5.73 Å². The SMILES string of the molecule is CC(=O)N1CCCC(c2cc(C(N)=O)n[nH]2)C1. The molecule has 6 heteroatoms. The minimum absolute atomic E-state index is 0.0874. The van der Waals surface area contributed by atoms with Crippen LogP contribution in [0, 0.1) is 0 Å². The summed E-state index contributed by atoms with van der Waals surface area (Å²) in [5.74, 6) is -0.232. The number of H-pyrrole nitrogens is 1. The monoisotopic (exact) mass is 236 g/mol. The first-order chi connectivity index (χ1) is 8.08. The highest BCUT2D eigenvalue weighted by Crippen LogP contribution is 2.25. The zero-order valence-electron chi connectivity index (χ0n) is 9.77. The fraction of sp³-hybridized carbons (Fsp3) is 0.545. The number of nitrogens with one attached hydrogen (secondary N) is 1. The van der Waals surface area contributed by atoms with Crippen molar-refractivity contribution in [1.29, 1.82) is 0 Å². The molecule has 2 amide bonds. The summed E-state index contributed by atoms with van der Waals surface area (Å²) < 4.78 is 0. The van der Waals surface area contributed by atoms with Gasteiger partial charge < -0.3 is 10.6 Å². The average Bonchev–Trinajstić information content (AvgIpc) is 2.78. The number of amides is 2. The smallest absolute Gasteiger partial charge is 0.269 e. The molecular formula is C11H16N4O2. The summed E-state index contributed by atoms with van der Waals surface area (Å²) in [4.78, 5) is 24.1. The average molecular weight is 236 g/mol. The van der Waals surface area contributed by atoms with Crippen molar-refractivity contribution in [3.05, 3.63) is 17.5 Å². The summed E-state index contributed by atoms with van der Waals surface area (Å²) in [5.41, 5.74) is 6.28. The summed E-state index contributed by atoms with van der Waals surface area (Å²) in [6.45, 7) is 3.06. The molecule has 2 heterocycles. The van der Waals surface area contributed by atoms with Gasteiger partial charge in [-0.2, -0.15) is 5.10 Å². The lowest BCUT2D eigenvalue weighted by atomic mass is 9.94. The van der Waals surface area contributed by atoms with E-state index in [-0.39, 0.29) is 17.5 Å². The van der Waals surface area contributed by atoms with E-state index in [0.29, 0.717) is 6.54 Å². The molecule has 0 aromatic carbocycles. The van der Waals surface area contributed by atoms with Crippen molar-refractivity contribution in [2.45, 2.75) is 25.7 Å². The third-order valence-electron chi connectivity index (χ3n) is 3.16. The van der Waals surface area contributed by atoms with E-state index in [1.165, 1.54) is 0 Å². The molecule has 3 N–H and O–H groups in total. The van der Waals surface area contributed by atoms with Crippen molar-refractivity contribution in [2.75, 3.05) is 13.1 Å². The van der Waals surface area contributed by atoms with Crippen molar-refractivity contribution in [2.24, 2.45) is 5.73 Å². The van der Waals surface area contributed by atoms with Crippen molar-refractivity contribution in [3.8, 4) is 0 Å². The summed E-state index contributed by atoms with van der Waals surface area (Å²) in [5, 5.41) is 6.69. The molecular weight excluding hydrogens is 220 g/mol. The van der Waals surface area contributed by atoms with Gasteiger partial charge in [-0.1, -0.05) is 0 Å². The Morgan fingerprint density at radius 1 is 1.59 bits per heavy atom. The van der Waals surface area contributed by atoms with Crippen LogP contribution in [0.2, 0.25) is 0 Å². The highest BCUT2D eigenvalue weighted by atomic mass is 16.2. The molecule has 17 heavy (non-hydrogen) atoms. The van der Waals surface area contributed by atoms with E-state index in [0.717, 1.165) is 25.1 Å². The molecule has 1 unspecified atom stereocenters. The first kappa shape index (κ1) is 11.6. The Bertz CT molecular complexity index is 440. The number of nitrogens with two attached hydrogens (primary N) is 1. The van der Waals surface area contributed by atoms with E-state index in [9.17, 15) is 9.59 Å². The Morgan fingerprint density at radius 3 is 2.94 bits per heavy atom. The van der Waals surface area contributed by atoms with Crippen molar-refractivity contribution in [1.82, 2.24) is 15.1 Å². The van der Waals surface area contributed by atoms with Gasteiger partial charge in [-0.15, -0.1) is 0 Å². The van der Waals surface area contributed by atoms with E-state index >= 15 is 0 Å². The third-order valence-corrected chi connectivity index (χ3v) is 3.16. The van der Waals surface area contributed by atoms with Crippen molar-refractivity contribution < 1.29 is 9.59 Å². The van der Waals surface area contributed by atoms with Crippen LogP contribution in [0.1, 0.15) is 41.9 Å². The molecule has 1 atom stereocenters. The van der Waals surface area contributed by atoms with E-state index in [2.05, 4.69) is 10.2 Å². The molecule has 1 aromatic rings. The molecule has 0 radical (unpaired) electrons. The van der Waals surface area contributed by atoms with Gasteiger partial charge in [0.05, 0.1) is 0 Å². The maximum atomic E-state index is 11.3. The number of likely N-dealkylation sites (tertiary alicyclic amines) is 1. The van der Waals surface area contributed by atoms with Crippen LogP contribution in [-0.2, 0) is 4.79 Å². The zero-order valence-corrected chi connectivity index (χ0v) is 9.77. The summed E-state index contributed by atoms with van der Waals surface area (Å²) >= 11 is 0. The number of carbonyl (C=O) groups is 2. The molecule has 1 aliphatic rings. The lowest BCUT2D eigenvalue weighted by molar-refractivity contribution is -0.130. The van der Waals surface area contributed by atoms with Gasteiger partial charge >= 0.3 is 0 Å².